The van der Waals surface area contributed by atoms with Gasteiger partial charge in [-0.25, -0.2) is 4.39 Å². The van der Waals surface area contributed by atoms with Gasteiger partial charge < -0.3 is 15.4 Å². The number of ether oxygens (including phenoxy) is 1. The van der Waals surface area contributed by atoms with Crippen molar-refractivity contribution in [2.45, 2.75) is 6.54 Å². The number of amides is 1. The van der Waals surface area contributed by atoms with Crippen molar-refractivity contribution in [3.8, 4) is 5.75 Å². The molecule has 0 unspecified atom stereocenters. The zero-order chi connectivity index (χ0) is 13.9. The van der Waals surface area contributed by atoms with Crippen molar-refractivity contribution in [2.75, 3.05) is 17.2 Å². The van der Waals surface area contributed by atoms with E-state index in [0.29, 0.717) is 23.7 Å². The molecule has 0 saturated heterocycles. The molecule has 0 aromatic heterocycles. The molecule has 0 fully saturated rings. The van der Waals surface area contributed by atoms with Crippen molar-refractivity contribution >= 4 is 17.3 Å². The first-order chi connectivity index (χ1) is 9.72. The van der Waals surface area contributed by atoms with Crippen molar-refractivity contribution in [3.05, 3.63) is 53.8 Å². The van der Waals surface area contributed by atoms with Crippen LogP contribution in [0.5, 0.6) is 5.75 Å². The first-order valence-electron chi connectivity index (χ1n) is 6.26. The van der Waals surface area contributed by atoms with Gasteiger partial charge in [-0.15, -0.1) is 0 Å². The predicted molar refractivity (Wildman–Crippen MR) is 74.3 cm³/mol. The quantitative estimate of drug-likeness (QED) is 0.903. The Morgan fingerprint density at radius 3 is 2.95 bits per heavy atom. The Labute approximate surface area is 115 Å². The Kier molecular flexibility index (Phi) is 3.25. The second-order valence-corrected chi connectivity index (χ2v) is 4.50. The number of benzene rings is 2. The summed E-state index contributed by atoms with van der Waals surface area (Å²) in [7, 11) is 0. The van der Waals surface area contributed by atoms with Crippen molar-refractivity contribution in [3.63, 3.8) is 0 Å². The third-order valence-corrected chi connectivity index (χ3v) is 3.03. The molecule has 0 atom stereocenters. The van der Waals surface area contributed by atoms with E-state index in [1.807, 2.05) is 12.1 Å². The number of para-hydroxylation sites is 1. The van der Waals surface area contributed by atoms with Crippen molar-refractivity contribution < 1.29 is 13.9 Å². The van der Waals surface area contributed by atoms with Gasteiger partial charge in [-0.3, -0.25) is 4.79 Å². The Bertz CT molecular complexity index is 658. The minimum absolute atomic E-state index is 0.0415. The standard InChI is InChI=1S/C15H13FN2O2/c16-11-3-1-2-4-12(11)17-8-10-5-6-14-13(7-10)18-15(19)9-20-14/h1-7,17H,8-9H2,(H,18,19). The van der Waals surface area contributed by atoms with Crippen molar-refractivity contribution in [1.82, 2.24) is 0 Å². The fourth-order valence-electron chi connectivity index (χ4n) is 2.04. The van der Waals surface area contributed by atoms with Crippen LogP contribution in [0.15, 0.2) is 42.5 Å². The number of nitrogens with one attached hydrogen (secondary N) is 2. The van der Waals surface area contributed by atoms with Crippen LogP contribution in [-0.4, -0.2) is 12.5 Å². The normalized spacial score (nSPS) is 13.2. The molecule has 2 N–H and O–H groups in total. The topological polar surface area (TPSA) is 50.4 Å². The molecule has 1 amide bonds. The van der Waals surface area contributed by atoms with E-state index < -0.39 is 0 Å². The molecule has 1 aliphatic rings. The van der Waals surface area contributed by atoms with Gasteiger partial charge in [0, 0.05) is 6.54 Å². The number of carbonyl (C=O) groups is 1. The van der Waals surface area contributed by atoms with Gasteiger partial charge in [-0.1, -0.05) is 18.2 Å². The summed E-state index contributed by atoms with van der Waals surface area (Å²) in [6.07, 6.45) is 0. The zero-order valence-corrected chi connectivity index (χ0v) is 10.7. The van der Waals surface area contributed by atoms with Gasteiger partial charge in [-0.05, 0) is 29.8 Å². The molecular weight excluding hydrogens is 259 g/mol. The average Bonchev–Trinajstić information content (AvgIpc) is 2.46. The maximum Gasteiger partial charge on any atom is 0.262 e. The predicted octanol–water partition coefficient (Wildman–Crippen LogP) is 2.77. The summed E-state index contributed by atoms with van der Waals surface area (Å²) >= 11 is 0. The number of halogens is 1. The van der Waals surface area contributed by atoms with Gasteiger partial charge in [0.1, 0.15) is 11.6 Å². The first-order valence-corrected chi connectivity index (χ1v) is 6.26. The smallest absolute Gasteiger partial charge is 0.262 e. The maximum absolute atomic E-state index is 13.5. The van der Waals surface area contributed by atoms with Crippen LogP contribution in [-0.2, 0) is 11.3 Å². The Morgan fingerprint density at radius 2 is 2.10 bits per heavy atom. The molecule has 2 aromatic rings. The Balaban J connectivity index is 1.74. The summed E-state index contributed by atoms with van der Waals surface area (Å²) in [4.78, 5) is 11.3. The average molecular weight is 272 g/mol. The molecule has 2 aromatic carbocycles. The molecular formula is C15H13FN2O2. The Hall–Kier alpha value is -2.56. The number of hydrogen-bond acceptors (Lipinski definition) is 3. The van der Waals surface area contributed by atoms with Crippen LogP contribution in [0.2, 0.25) is 0 Å². The molecule has 1 heterocycles. The molecule has 0 radical (unpaired) electrons. The first kappa shape index (κ1) is 12.5. The zero-order valence-electron chi connectivity index (χ0n) is 10.7. The molecule has 4 nitrogen and oxygen atoms in total. The van der Waals surface area contributed by atoms with Crippen molar-refractivity contribution in [1.29, 1.82) is 0 Å². The van der Waals surface area contributed by atoms with Crippen LogP contribution in [0, 0.1) is 5.82 Å². The fraction of sp³-hybridized carbons (Fsp3) is 0.133. The van der Waals surface area contributed by atoms with Crippen molar-refractivity contribution in [2.24, 2.45) is 0 Å². The van der Waals surface area contributed by atoms with Gasteiger partial charge in [0.2, 0.25) is 0 Å². The van der Waals surface area contributed by atoms with Crippen LogP contribution in [0.1, 0.15) is 5.56 Å². The third kappa shape index (κ3) is 2.56. The van der Waals surface area contributed by atoms with Crippen LogP contribution in [0.25, 0.3) is 0 Å². The number of fused-ring (bicyclic) bond motifs is 1. The molecule has 3 rings (SSSR count). The highest BCUT2D eigenvalue weighted by Crippen LogP contribution is 2.28. The number of carbonyl (C=O) groups excluding carboxylic acids is 1. The summed E-state index contributed by atoms with van der Waals surface area (Å²) in [6, 6.07) is 12.0. The largest absolute Gasteiger partial charge is 0.482 e. The summed E-state index contributed by atoms with van der Waals surface area (Å²) in [6.45, 7) is 0.504. The number of anilines is 2. The van der Waals surface area contributed by atoms with Gasteiger partial charge >= 0.3 is 0 Å². The van der Waals surface area contributed by atoms with E-state index in [9.17, 15) is 9.18 Å². The molecule has 0 bridgehead atoms. The summed E-state index contributed by atoms with van der Waals surface area (Å²) in [5, 5.41) is 5.76. The highest BCUT2D eigenvalue weighted by Gasteiger charge is 2.15. The second-order valence-electron chi connectivity index (χ2n) is 4.50. The number of rotatable bonds is 3. The summed E-state index contributed by atoms with van der Waals surface area (Å²) in [5.74, 6) is 0.193. The highest BCUT2D eigenvalue weighted by molar-refractivity contribution is 5.95. The van der Waals surface area contributed by atoms with Crippen LogP contribution < -0.4 is 15.4 Å². The van der Waals surface area contributed by atoms with E-state index in [2.05, 4.69) is 10.6 Å². The van der Waals surface area contributed by atoms with E-state index in [1.165, 1.54) is 6.07 Å². The lowest BCUT2D eigenvalue weighted by Gasteiger charge is -2.18. The molecule has 5 heteroatoms. The molecule has 20 heavy (non-hydrogen) atoms. The fourth-order valence-corrected chi connectivity index (χ4v) is 2.04. The third-order valence-electron chi connectivity index (χ3n) is 3.03. The second kappa shape index (κ2) is 5.21. The lowest BCUT2D eigenvalue weighted by Crippen LogP contribution is -2.25. The van der Waals surface area contributed by atoms with Gasteiger partial charge in [0.05, 0.1) is 11.4 Å². The van der Waals surface area contributed by atoms with E-state index in [1.54, 1.807) is 24.3 Å². The van der Waals surface area contributed by atoms with Crippen LogP contribution in [0.3, 0.4) is 0 Å². The lowest BCUT2D eigenvalue weighted by molar-refractivity contribution is -0.118. The molecule has 1 aliphatic heterocycles. The van der Waals surface area contributed by atoms with Gasteiger partial charge in [0.25, 0.3) is 5.91 Å². The SMILES string of the molecule is O=C1COc2ccc(CNc3ccccc3F)cc2N1. The van der Waals surface area contributed by atoms with E-state index in [4.69, 9.17) is 4.74 Å². The lowest BCUT2D eigenvalue weighted by atomic mass is 10.1. The monoisotopic (exact) mass is 272 g/mol. The number of hydrogen-bond donors (Lipinski definition) is 2. The van der Waals surface area contributed by atoms with E-state index >= 15 is 0 Å². The van der Waals surface area contributed by atoms with Crippen LogP contribution >= 0.6 is 0 Å². The molecule has 0 saturated carbocycles. The highest BCUT2D eigenvalue weighted by atomic mass is 19.1. The summed E-state index contributed by atoms with van der Waals surface area (Å²) < 4.78 is 18.8. The minimum Gasteiger partial charge on any atom is -0.482 e. The van der Waals surface area contributed by atoms with Gasteiger partial charge in [-0.2, -0.15) is 0 Å². The molecule has 0 aliphatic carbocycles. The van der Waals surface area contributed by atoms with Crippen LogP contribution in [0.4, 0.5) is 15.8 Å². The summed E-state index contributed by atoms with van der Waals surface area (Å²) in [5.41, 5.74) is 2.03. The minimum atomic E-state index is -0.290. The Morgan fingerprint density at radius 1 is 1.25 bits per heavy atom. The maximum atomic E-state index is 13.5. The molecule has 0 spiro atoms. The van der Waals surface area contributed by atoms with E-state index in [-0.39, 0.29) is 18.3 Å². The molecule has 102 valence electrons. The van der Waals surface area contributed by atoms with E-state index in [0.717, 1.165) is 5.56 Å². The van der Waals surface area contributed by atoms with Gasteiger partial charge in [0.15, 0.2) is 6.61 Å².